The maximum absolute atomic E-state index is 13.1. The number of aromatic nitrogens is 4. The average molecular weight is 568 g/mol. The van der Waals surface area contributed by atoms with E-state index in [0.29, 0.717) is 17.2 Å². The number of piperidine rings is 1. The highest BCUT2D eigenvalue weighted by Crippen LogP contribution is 2.59. The Morgan fingerprint density at radius 3 is 2.62 bits per heavy atom. The van der Waals surface area contributed by atoms with Crippen LogP contribution in [0.3, 0.4) is 0 Å². The molecule has 6 nitrogen and oxygen atoms in total. The molecule has 0 N–H and O–H groups in total. The molecule has 1 aromatic carbocycles. The number of rotatable bonds is 9. The molecule has 3 aromatic heterocycles. The van der Waals surface area contributed by atoms with Crippen molar-refractivity contribution < 1.29 is 17.6 Å². The summed E-state index contributed by atoms with van der Waals surface area (Å²) in [6.45, 7) is 7.24. The second kappa shape index (κ2) is 10.4. The van der Waals surface area contributed by atoms with Crippen LogP contribution in [-0.4, -0.2) is 49.8 Å². The van der Waals surface area contributed by atoms with Crippen LogP contribution in [0.25, 0.3) is 22.8 Å². The number of imidazole rings is 1. The third kappa shape index (κ3) is 4.96. The van der Waals surface area contributed by atoms with Gasteiger partial charge in [0.2, 0.25) is 0 Å². The predicted molar refractivity (Wildman–Crippen MR) is 149 cm³/mol. The Hall–Kier alpha value is -3.11. The summed E-state index contributed by atoms with van der Waals surface area (Å²) in [6, 6.07) is 12.0. The van der Waals surface area contributed by atoms with Gasteiger partial charge in [0.15, 0.2) is 18.0 Å². The third-order valence-electron chi connectivity index (χ3n) is 8.26. The first-order valence-electron chi connectivity index (χ1n) is 13.7. The Kier molecular flexibility index (Phi) is 7.02. The molecule has 2 fully saturated rings. The van der Waals surface area contributed by atoms with Crippen LogP contribution in [0, 0.1) is 12.8 Å². The molecular formula is C30H32F3N5OS. The van der Waals surface area contributed by atoms with Crippen molar-refractivity contribution in [2.24, 2.45) is 13.0 Å². The molecule has 2 atom stereocenters. The van der Waals surface area contributed by atoms with Crippen LogP contribution in [-0.2, 0) is 25.1 Å². The van der Waals surface area contributed by atoms with Gasteiger partial charge in [-0.3, -0.25) is 0 Å². The molecule has 1 unspecified atom stereocenters. The van der Waals surface area contributed by atoms with Gasteiger partial charge in [0, 0.05) is 36.9 Å². The van der Waals surface area contributed by atoms with Gasteiger partial charge >= 0.3 is 6.18 Å². The van der Waals surface area contributed by atoms with E-state index >= 15 is 0 Å². The van der Waals surface area contributed by atoms with Crippen LogP contribution in [0.4, 0.5) is 13.2 Å². The van der Waals surface area contributed by atoms with Gasteiger partial charge in [0.1, 0.15) is 5.69 Å². The Labute approximate surface area is 236 Å². The minimum Gasteiger partial charge on any atom is -0.440 e. The summed E-state index contributed by atoms with van der Waals surface area (Å²) in [5.74, 6) is 3.21. The number of pyridine rings is 1. The minimum absolute atomic E-state index is 0.175. The van der Waals surface area contributed by atoms with Gasteiger partial charge in [-0.25, -0.2) is 15.0 Å². The number of benzene rings is 1. The van der Waals surface area contributed by atoms with E-state index in [1.807, 2.05) is 37.9 Å². The molecule has 1 saturated carbocycles. The molecule has 1 aliphatic heterocycles. The monoisotopic (exact) mass is 567 g/mol. The molecule has 4 aromatic rings. The number of thioether (sulfide) groups is 1. The van der Waals surface area contributed by atoms with Crippen LogP contribution in [0.1, 0.15) is 42.4 Å². The zero-order valence-corrected chi connectivity index (χ0v) is 23.6. The summed E-state index contributed by atoms with van der Waals surface area (Å²) in [4.78, 5) is 15.4. The molecular weight excluding hydrogens is 535 g/mol. The number of likely N-dealkylation sites (tertiary alicyclic amines) is 1. The van der Waals surface area contributed by atoms with Crippen LogP contribution in [0.2, 0.25) is 0 Å². The lowest BCUT2D eigenvalue weighted by atomic mass is 9.93. The Morgan fingerprint density at radius 1 is 1.12 bits per heavy atom. The normalized spacial score (nSPS) is 20.7. The van der Waals surface area contributed by atoms with Gasteiger partial charge in [-0.05, 0) is 56.3 Å². The highest BCUT2D eigenvalue weighted by atomic mass is 32.2. The summed E-state index contributed by atoms with van der Waals surface area (Å²) in [7, 11) is 2.04. The highest BCUT2D eigenvalue weighted by Gasteiger charge is 2.60. The van der Waals surface area contributed by atoms with Gasteiger partial charge in [-0.2, -0.15) is 13.2 Å². The Morgan fingerprint density at radius 2 is 1.93 bits per heavy atom. The minimum atomic E-state index is -4.45. The van der Waals surface area contributed by atoms with E-state index in [0.717, 1.165) is 67.3 Å². The van der Waals surface area contributed by atoms with Crippen molar-refractivity contribution in [3.05, 3.63) is 71.5 Å². The van der Waals surface area contributed by atoms with Gasteiger partial charge in [-0.1, -0.05) is 37.3 Å². The standard InChI is InChI=1S/C30H32F3N5OS/c1-4-23-28(37(3)27(36-23)26-19(2)34-18-39-26)40-14-6-13-38-16-22-15-29(22,17-38)21-11-9-20(10-12-21)24-7-5-8-25(35-24)30(31,32)33/h5,7-12,18,22H,4,6,13-17H2,1-3H3/t22-,29?/m1/s1. The van der Waals surface area contributed by atoms with Crippen LogP contribution in [0.5, 0.6) is 0 Å². The van der Waals surface area contributed by atoms with Crippen molar-refractivity contribution in [1.82, 2.24) is 24.4 Å². The number of halogens is 3. The van der Waals surface area contributed by atoms with Crippen molar-refractivity contribution in [3.63, 3.8) is 0 Å². The SMILES string of the molecule is CCc1nc(-c2ocnc2C)n(C)c1SCCCN1C[C@H]2CC2(c2ccc(-c3cccc(C(F)(F)F)n3)cc2)C1. The molecule has 40 heavy (non-hydrogen) atoms. The van der Waals surface area contributed by atoms with Gasteiger partial charge in [0.05, 0.1) is 22.1 Å². The topological polar surface area (TPSA) is 60.0 Å². The fraction of sp³-hybridized carbons (Fsp3) is 0.433. The first-order chi connectivity index (χ1) is 19.2. The van der Waals surface area contributed by atoms with Crippen LogP contribution in [0.15, 0.2) is 58.3 Å². The number of alkyl halides is 3. The Balaban J connectivity index is 1.05. The van der Waals surface area contributed by atoms with Crippen molar-refractivity contribution in [2.75, 3.05) is 25.4 Å². The lowest BCUT2D eigenvalue weighted by Crippen LogP contribution is -2.27. The fourth-order valence-corrected chi connectivity index (χ4v) is 7.16. The molecule has 0 amide bonds. The Bertz CT molecular complexity index is 1510. The molecule has 0 radical (unpaired) electrons. The van der Waals surface area contributed by atoms with E-state index in [2.05, 4.69) is 38.5 Å². The first kappa shape index (κ1) is 27.1. The van der Waals surface area contributed by atoms with Gasteiger partial charge in [0.25, 0.3) is 0 Å². The molecule has 4 heterocycles. The van der Waals surface area contributed by atoms with E-state index in [1.54, 1.807) is 6.07 Å². The van der Waals surface area contributed by atoms with E-state index < -0.39 is 11.9 Å². The second-order valence-electron chi connectivity index (χ2n) is 10.8. The fourth-order valence-electron chi connectivity index (χ4n) is 6.06. The quantitative estimate of drug-likeness (QED) is 0.164. The first-order valence-corrected chi connectivity index (χ1v) is 14.6. The van der Waals surface area contributed by atoms with E-state index in [-0.39, 0.29) is 5.41 Å². The number of hydrogen-bond donors (Lipinski definition) is 0. The highest BCUT2D eigenvalue weighted by molar-refractivity contribution is 7.99. The molecule has 0 spiro atoms. The van der Waals surface area contributed by atoms with Crippen molar-refractivity contribution in [3.8, 4) is 22.8 Å². The van der Waals surface area contributed by atoms with Crippen LogP contribution < -0.4 is 0 Å². The van der Waals surface area contributed by atoms with E-state index in [1.165, 1.54) is 29.5 Å². The third-order valence-corrected chi connectivity index (χ3v) is 9.54. The number of hydrogen-bond acceptors (Lipinski definition) is 6. The predicted octanol–water partition coefficient (Wildman–Crippen LogP) is 6.78. The average Bonchev–Trinajstić information content (AvgIpc) is 3.20. The van der Waals surface area contributed by atoms with Crippen molar-refractivity contribution in [1.29, 1.82) is 0 Å². The smallest absolute Gasteiger partial charge is 0.433 e. The molecule has 1 aliphatic carbocycles. The largest absolute Gasteiger partial charge is 0.440 e. The van der Waals surface area contributed by atoms with Crippen molar-refractivity contribution >= 4 is 11.8 Å². The van der Waals surface area contributed by atoms with Gasteiger partial charge in [-0.15, -0.1) is 11.8 Å². The number of aryl methyl sites for hydroxylation is 2. The molecule has 0 bridgehead atoms. The summed E-state index contributed by atoms with van der Waals surface area (Å²) >= 11 is 1.85. The van der Waals surface area contributed by atoms with E-state index in [4.69, 9.17) is 9.40 Å². The number of oxazole rings is 1. The summed E-state index contributed by atoms with van der Waals surface area (Å²) in [6.07, 6.45) is 0.143. The molecule has 10 heteroatoms. The van der Waals surface area contributed by atoms with Gasteiger partial charge < -0.3 is 13.9 Å². The van der Waals surface area contributed by atoms with Crippen LogP contribution >= 0.6 is 11.8 Å². The summed E-state index contributed by atoms with van der Waals surface area (Å²) in [5.41, 5.74) is 3.58. The number of nitrogens with zero attached hydrogens (tertiary/aromatic N) is 5. The maximum atomic E-state index is 13.1. The molecule has 210 valence electrons. The maximum Gasteiger partial charge on any atom is 0.433 e. The lowest BCUT2D eigenvalue weighted by Gasteiger charge is -2.21. The molecule has 1 saturated heterocycles. The van der Waals surface area contributed by atoms with E-state index in [9.17, 15) is 13.2 Å². The zero-order chi connectivity index (χ0) is 28.1. The summed E-state index contributed by atoms with van der Waals surface area (Å²) in [5, 5.41) is 1.18. The summed E-state index contributed by atoms with van der Waals surface area (Å²) < 4.78 is 47.0. The van der Waals surface area contributed by atoms with Crippen molar-refractivity contribution in [2.45, 2.75) is 49.7 Å². The second-order valence-corrected chi connectivity index (χ2v) is 11.9. The molecule has 2 aliphatic rings. The lowest BCUT2D eigenvalue weighted by molar-refractivity contribution is -0.141. The number of fused-ring (bicyclic) bond motifs is 1. The molecule has 6 rings (SSSR count). The zero-order valence-electron chi connectivity index (χ0n) is 22.8.